The zero-order chi connectivity index (χ0) is 12.3. The molecule has 1 aliphatic rings. The summed E-state index contributed by atoms with van der Waals surface area (Å²) in [5.41, 5.74) is 0.971. The molecule has 0 radical (unpaired) electrons. The second-order valence-corrected chi connectivity index (χ2v) is 7.19. The molecule has 1 aromatic rings. The number of aryl methyl sites for hydroxylation is 1. The van der Waals surface area contributed by atoms with Crippen LogP contribution in [-0.2, 0) is 0 Å². The van der Waals surface area contributed by atoms with E-state index in [4.69, 9.17) is 0 Å². The van der Waals surface area contributed by atoms with Gasteiger partial charge in [-0.15, -0.1) is 11.3 Å². The Morgan fingerprint density at radius 3 is 2.94 bits per heavy atom. The molecule has 0 saturated heterocycles. The third kappa shape index (κ3) is 4.25. The van der Waals surface area contributed by atoms with Crippen LogP contribution in [0.2, 0.25) is 0 Å². The minimum atomic E-state index is -0.125. The zero-order valence-corrected chi connectivity index (χ0v) is 12.0. The summed E-state index contributed by atoms with van der Waals surface area (Å²) in [5.74, 6) is 1.00. The Morgan fingerprint density at radius 1 is 1.65 bits per heavy atom. The van der Waals surface area contributed by atoms with Gasteiger partial charge in [0.05, 0.1) is 6.61 Å². The lowest BCUT2D eigenvalue weighted by molar-refractivity contribution is 0.169. The van der Waals surface area contributed by atoms with Crippen molar-refractivity contribution in [1.82, 2.24) is 10.3 Å². The van der Waals surface area contributed by atoms with Crippen LogP contribution in [0.1, 0.15) is 31.9 Å². The lowest BCUT2D eigenvalue weighted by Crippen LogP contribution is -2.47. The van der Waals surface area contributed by atoms with Crippen LogP contribution in [-0.4, -0.2) is 34.0 Å². The van der Waals surface area contributed by atoms with Gasteiger partial charge >= 0.3 is 0 Å². The summed E-state index contributed by atoms with van der Waals surface area (Å²) in [6.07, 6.45) is 3.49. The summed E-state index contributed by atoms with van der Waals surface area (Å²) in [6.45, 7) is 4.34. The molecule has 17 heavy (non-hydrogen) atoms. The summed E-state index contributed by atoms with van der Waals surface area (Å²) < 4.78 is 1.13. The van der Waals surface area contributed by atoms with E-state index in [0.29, 0.717) is 6.04 Å². The van der Waals surface area contributed by atoms with Crippen LogP contribution in [0.5, 0.6) is 0 Å². The Labute approximate surface area is 111 Å². The molecule has 0 amide bonds. The molecular weight excluding hydrogens is 252 g/mol. The minimum absolute atomic E-state index is 0.125. The van der Waals surface area contributed by atoms with E-state index in [9.17, 15) is 5.11 Å². The Balaban J connectivity index is 1.75. The largest absolute Gasteiger partial charge is 0.394 e. The molecule has 1 saturated carbocycles. The lowest BCUT2D eigenvalue weighted by Gasteiger charge is -2.28. The van der Waals surface area contributed by atoms with Crippen LogP contribution >= 0.6 is 23.1 Å². The molecule has 1 fully saturated rings. The number of hydrogen-bond donors (Lipinski definition) is 2. The van der Waals surface area contributed by atoms with Crippen molar-refractivity contribution in [3.63, 3.8) is 0 Å². The first-order valence-corrected chi connectivity index (χ1v) is 7.91. The van der Waals surface area contributed by atoms with Crippen LogP contribution in [0.3, 0.4) is 0 Å². The van der Waals surface area contributed by atoms with Crippen molar-refractivity contribution in [3.05, 3.63) is 11.1 Å². The van der Waals surface area contributed by atoms with Gasteiger partial charge in [-0.2, -0.15) is 0 Å². The van der Waals surface area contributed by atoms with Crippen molar-refractivity contribution in [2.75, 3.05) is 12.4 Å². The molecule has 0 aliphatic heterocycles. The van der Waals surface area contributed by atoms with Gasteiger partial charge in [0.15, 0.2) is 0 Å². The molecule has 1 aromatic heterocycles. The van der Waals surface area contributed by atoms with Crippen molar-refractivity contribution < 1.29 is 5.11 Å². The normalized spacial score (nSPS) is 19.2. The molecule has 1 atom stereocenters. The number of aliphatic hydroxyl groups excluding tert-OH is 1. The molecule has 1 heterocycles. The number of thioether (sulfide) groups is 1. The third-order valence-electron chi connectivity index (χ3n) is 2.96. The fraction of sp³-hybridized carbons (Fsp3) is 0.750. The highest BCUT2D eigenvalue weighted by Gasteiger charge is 2.31. The highest BCUT2D eigenvalue weighted by Crippen LogP contribution is 2.27. The fourth-order valence-corrected chi connectivity index (χ4v) is 3.80. The maximum atomic E-state index is 9.48. The molecule has 1 unspecified atom stereocenters. The first-order valence-electron chi connectivity index (χ1n) is 6.05. The topological polar surface area (TPSA) is 45.1 Å². The molecule has 5 heteroatoms. The number of thiazole rings is 1. The maximum absolute atomic E-state index is 9.48. The molecule has 0 spiro atoms. The number of nitrogens with one attached hydrogen (secondary N) is 1. The second-order valence-electron chi connectivity index (χ2n) is 4.99. The molecule has 3 nitrogen and oxygen atoms in total. The van der Waals surface area contributed by atoms with E-state index in [-0.39, 0.29) is 12.1 Å². The van der Waals surface area contributed by atoms with Crippen LogP contribution < -0.4 is 5.32 Å². The summed E-state index contributed by atoms with van der Waals surface area (Å²) in [5, 5.41) is 15.1. The number of aliphatic hydroxyl groups is 1. The van der Waals surface area contributed by atoms with Crippen molar-refractivity contribution in [2.45, 2.75) is 49.0 Å². The Morgan fingerprint density at radius 2 is 2.41 bits per heavy atom. The predicted molar refractivity (Wildman–Crippen MR) is 73.8 cm³/mol. The van der Waals surface area contributed by atoms with E-state index in [1.54, 1.807) is 23.1 Å². The second kappa shape index (κ2) is 5.69. The van der Waals surface area contributed by atoms with Crippen molar-refractivity contribution >= 4 is 23.1 Å². The van der Waals surface area contributed by atoms with E-state index >= 15 is 0 Å². The third-order valence-corrected chi connectivity index (χ3v) is 5.10. The molecular formula is C12H20N2OS2. The average Bonchev–Trinajstić information content (AvgIpc) is 3.00. The average molecular weight is 272 g/mol. The molecule has 2 N–H and O–H groups in total. The number of hydrogen-bond acceptors (Lipinski definition) is 5. The summed E-state index contributed by atoms with van der Waals surface area (Å²) in [7, 11) is 0. The minimum Gasteiger partial charge on any atom is -0.394 e. The lowest BCUT2D eigenvalue weighted by atomic mass is 10.0. The van der Waals surface area contributed by atoms with Gasteiger partial charge in [-0.05, 0) is 33.1 Å². The van der Waals surface area contributed by atoms with Gasteiger partial charge in [0, 0.05) is 28.4 Å². The molecule has 96 valence electrons. The Kier molecular flexibility index (Phi) is 4.47. The van der Waals surface area contributed by atoms with E-state index in [2.05, 4.69) is 22.6 Å². The van der Waals surface area contributed by atoms with E-state index in [1.165, 1.54) is 12.8 Å². The zero-order valence-electron chi connectivity index (χ0n) is 10.4. The van der Waals surface area contributed by atoms with Gasteiger partial charge in [-0.3, -0.25) is 0 Å². The Hall–Kier alpha value is -0.100. The van der Waals surface area contributed by atoms with Crippen LogP contribution in [0.15, 0.2) is 9.72 Å². The number of rotatable bonds is 7. The fourth-order valence-electron chi connectivity index (χ4n) is 1.68. The van der Waals surface area contributed by atoms with Gasteiger partial charge in [-0.25, -0.2) is 4.98 Å². The van der Waals surface area contributed by atoms with Crippen molar-refractivity contribution in [3.8, 4) is 0 Å². The smallest absolute Gasteiger partial charge is 0.150 e. The molecule has 0 aromatic carbocycles. The van der Waals surface area contributed by atoms with E-state index < -0.39 is 0 Å². The quantitative estimate of drug-likeness (QED) is 0.748. The van der Waals surface area contributed by atoms with E-state index in [1.807, 2.05) is 6.92 Å². The van der Waals surface area contributed by atoms with Gasteiger partial charge < -0.3 is 10.4 Å². The predicted octanol–water partition coefficient (Wildman–Crippen LogP) is 2.44. The standard InChI is InChI=1S/C12H20N2OS2/c1-9-7-17-11(13-9)16-6-5-12(2,8-15)14-10-3-4-10/h7,10,14-15H,3-6,8H2,1-2H3. The van der Waals surface area contributed by atoms with Crippen LogP contribution in [0, 0.1) is 6.92 Å². The molecule has 1 aliphatic carbocycles. The highest BCUT2D eigenvalue weighted by molar-refractivity contribution is 8.01. The number of nitrogens with zero attached hydrogens (tertiary/aromatic N) is 1. The number of aromatic nitrogens is 1. The molecule has 0 bridgehead atoms. The summed E-state index contributed by atoms with van der Waals surface area (Å²) in [4.78, 5) is 4.43. The SMILES string of the molecule is Cc1csc(SCCC(C)(CO)NC2CC2)n1. The van der Waals surface area contributed by atoms with Crippen molar-refractivity contribution in [1.29, 1.82) is 0 Å². The maximum Gasteiger partial charge on any atom is 0.150 e. The van der Waals surface area contributed by atoms with Gasteiger partial charge in [-0.1, -0.05) is 11.8 Å². The van der Waals surface area contributed by atoms with Gasteiger partial charge in [0.25, 0.3) is 0 Å². The van der Waals surface area contributed by atoms with Crippen LogP contribution in [0.4, 0.5) is 0 Å². The highest BCUT2D eigenvalue weighted by atomic mass is 32.2. The van der Waals surface area contributed by atoms with Gasteiger partial charge in [0.2, 0.25) is 0 Å². The summed E-state index contributed by atoms with van der Waals surface area (Å²) >= 11 is 3.49. The first kappa shape index (κ1) is 13.3. The Bertz CT molecular complexity index is 365. The van der Waals surface area contributed by atoms with Gasteiger partial charge in [0.1, 0.15) is 4.34 Å². The first-order chi connectivity index (χ1) is 8.11. The van der Waals surface area contributed by atoms with Crippen molar-refractivity contribution in [2.24, 2.45) is 0 Å². The van der Waals surface area contributed by atoms with Crippen LogP contribution in [0.25, 0.3) is 0 Å². The monoisotopic (exact) mass is 272 g/mol. The molecule has 2 rings (SSSR count). The summed E-state index contributed by atoms with van der Waals surface area (Å²) in [6, 6.07) is 0.638. The van der Waals surface area contributed by atoms with E-state index in [0.717, 1.165) is 22.2 Å².